The minimum absolute atomic E-state index is 0.0616. The number of carbonyl (C=O) groups excluding carboxylic acids is 1. The van der Waals surface area contributed by atoms with Gasteiger partial charge in [0, 0.05) is 47.5 Å². The molecule has 0 bridgehead atoms. The Bertz CT molecular complexity index is 838. The topological polar surface area (TPSA) is 35.6 Å². The van der Waals surface area contributed by atoms with Crippen LogP contribution in [-0.4, -0.2) is 49.3 Å². The average Bonchev–Trinajstić information content (AvgIpc) is 2.70. The van der Waals surface area contributed by atoms with Crippen molar-refractivity contribution in [3.05, 3.63) is 52.0 Å². The molecule has 1 aliphatic rings. The van der Waals surface area contributed by atoms with Crippen LogP contribution >= 0.6 is 35.0 Å². The van der Waals surface area contributed by atoms with Gasteiger partial charge in [-0.3, -0.25) is 4.79 Å². The number of thioether (sulfide) groups is 1. The van der Waals surface area contributed by atoms with Gasteiger partial charge in [0.25, 0.3) is 0 Å². The molecule has 2 aromatic rings. The predicted molar refractivity (Wildman–Crippen MR) is 121 cm³/mol. The smallest absolute Gasteiger partial charge is 0.234 e. The lowest BCUT2D eigenvalue weighted by atomic mass is 10.1. The van der Waals surface area contributed by atoms with E-state index < -0.39 is 0 Å². The molecule has 4 nitrogen and oxygen atoms in total. The van der Waals surface area contributed by atoms with E-state index in [9.17, 15) is 4.79 Å². The van der Waals surface area contributed by atoms with Crippen LogP contribution in [0.1, 0.15) is 12.5 Å². The number of hydrogen-bond donors (Lipinski definition) is 1. The SMILES string of the molecule is CCN1CCN(c2ccc(NC(=O)CSc3cc(Cl)ccc3Cl)c(C)c2)CC1. The van der Waals surface area contributed by atoms with Crippen molar-refractivity contribution in [2.45, 2.75) is 18.7 Å². The number of hydrogen-bond acceptors (Lipinski definition) is 4. The molecule has 2 aromatic carbocycles. The summed E-state index contributed by atoms with van der Waals surface area (Å²) < 4.78 is 0. The number of halogens is 2. The van der Waals surface area contributed by atoms with Gasteiger partial charge in [-0.2, -0.15) is 0 Å². The standard InChI is InChI=1S/C21H25Cl2N3OS/c1-3-25-8-10-26(11-9-25)17-5-7-19(15(2)12-17)24-21(27)14-28-20-13-16(22)4-6-18(20)23/h4-7,12-13H,3,8-11,14H2,1-2H3,(H,24,27). The third-order valence-electron chi connectivity index (χ3n) is 4.92. The van der Waals surface area contributed by atoms with Crippen LogP contribution in [0.3, 0.4) is 0 Å². The molecule has 1 amide bonds. The summed E-state index contributed by atoms with van der Waals surface area (Å²) in [6.45, 7) is 9.61. The van der Waals surface area contributed by atoms with Crippen molar-refractivity contribution in [2.24, 2.45) is 0 Å². The minimum atomic E-state index is -0.0616. The monoisotopic (exact) mass is 437 g/mol. The van der Waals surface area contributed by atoms with E-state index in [2.05, 4.69) is 34.2 Å². The molecule has 1 aliphatic heterocycles. The number of anilines is 2. The van der Waals surface area contributed by atoms with Gasteiger partial charge in [-0.15, -0.1) is 11.8 Å². The largest absolute Gasteiger partial charge is 0.369 e. The van der Waals surface area contributed by atoms with E-state index in [1.807, 2.05) is 13.0 Å². The summed E-state index contributed by atoms with van der Waals surface area (Å²) in [5, 5.41) is 4.21. The van der Waals surface area contributed by atoms with Crippen LogP contribution in [0.2, 0.25) is 10.0 Å². The Labute approximate surface area is 181 Å². The summed E-state index contributed by atoms with van der Waals surface area (Å²) in [6.07, 6.45) is 0. The van der Waals surface area contributed by atoms with E-state index in [0.717, 1.165) is 48.9 Å². The molecule has 1 saturated heterocycles. The predicted octanol–water partition coefficient (Wildman–Crippen LogP) is 5.17. The lowest BCUT2D eigenvalue weighted by molar-refractivity contribution is -0.113. The Balaban J connectivity index is 1.57. The fourth-order valence-electron chi connectivity index (χ4n) is 3.22. The van der Waals surface area contributed by atoms with Crippen LogP contribution in [0.15, 0.2) is 41.3 Å². The molecule has 0 atom stereocenters. The van der Waals surface area contributed by atoms with Crippen molar-refractivity contribution in [2.75, 3.05) is 48.7 Å². The van der Waals surface area contributed by atoms with Gasteiger partial charge in [0.2, 0.25) is 5.91 Å². The molecular formula is C21H25Cl2N3OS. The lowest BCUT2D eigenvalue weighted by Crippen LogP contribution is -2.46. The first kappa shape index (κ1) is 21.3. The van der Waals surface area contributed by atoms with Gasteiger partial charge in [-0.25, -0.2) is 0 Å². The highest BCUT2D eigenvalue weighted by molar-refractivity contribution is 8.00. The fourth-order valence-corrected chi connectivity index (χ4v) is 4.52. The molecule has 1 heterocycles. The molecule has 7 heteroatoms. The summed E-state index contributed by atoms with van der Waals surface area (Å²) in [4.78, 5) is 18.0. The number of benzene rings is 2. The molecule has 0 aromatic heterocycles. The van der Waals surface area contributed by atoms with Crippen LogP contribution in [0.4, 0.5) is 11.4 Å². The Morgan fingerprint density at radius 1 is 1.11 bits per heavy atom. The number of amides is 1. The number of likely N-dealkylation sites (N-methyl/N-ethyl adjacent to an activating group) is 1. The van der Waals surface area contributed by atoms with Gasteiger partial charge in [0.15, 0.2) is 0 Å². The maximum Gasteiger partial charge on any atom is 0.234 e. The first-order chi connectivity index (χ1) is 13.5. The Kier molecular flexibility index (Phi) is 7.52. The van der Waals surface area contributed by atoms with Gasteiger partial charge in [0.05, 0.1) is 10.8 Å². The van der Waals surface area contributed by atoms with Crippen molar-refractivity contribution in [3.63, 3.8) is 0 Å². The van der Waals surface area contributed by atoms with Crippen molar-refractivity contribution in [3.8, 4) is 0 Å². The van der Waals surface area contributed by atoms with Gasteiger partial charge in [-0.1, -0.05) is 30.1 Å². The maximum absolute atomic E-state index is 12.4. The second kappa shape index (κ2) is 9.88. The normalized spacial score (nSPS) is 14.9. The summed E-state index contributed by atoms with van der Waals surface area (Å²) in [6, 6.07) is 11.5. The first-order valence-electron chi connectivity index (χ1n) is 9.42. The Morgan fingerprint density at radius 2 is 1.86 bits per heavy atom. The maximum atomic E-state index is 12.4. The zero-order valence-electron chi connectivity index (χ0n) is 16.2. The summed E-state index contributed by atoms with van der Waals surface area (Å²) in [5.74, 6) is 0.216. The third-order valence-corrected chi connectivity index (χ3v) is 6.65. The summed E-state index contributed by atoms with van der Waals surface area (Å²) >= 11 is 13.5. The van der Waals surface area contributed by atoms with E-state index in [1.54, 1.807) is 18.2 Å². The molecule has 0 radical (unpaired) electrons. The highest BCUT2D eigenvalue weighted by Crippen LogP contribution is 2.30. The highest BCUT2D eigenvalue weighted by atomic mass is 35.5. The molecule has 0 spiro atoms. The fraction of sp³-hybridized carbons (Fsp3) is 0.381. The molecular weight excluding hydrogens is 413 g/mol. The minimum Gasteiger partial charge on any atom is -0.369 e. The van der Waals surface area contributed by atoms with Crippen molar-refractivity contribution in [1.29, 1.82) is 0 Å². The van der Waals surface area contributed by atoms with E-state index >= 15 is 0 Å². The molecule has 1 fully saturated rings. The number of aryl methyl sites for hydroxylation is 1. The third kappa shape index (κ3) is 5.57. The molecule has 0 unspecified atom stereocenters. The molecule has 3 rings (SSSR count). The van der Waals surface area contributed by atoms with E-state index in [-0.39, 0.29) is 11.7 Å². The second-order valence-electron chi connectivity index (χ2n) is 6.83. The second-order valence-corrected chi connectivity index (χ2v) is 8.69. The van der Waals surface area contributed by atoms with Crippen LogP contribution in [0.5, 0.6) is 0 Å². The van der Waals surface area contributed by atoms with Gasteiger partial charge in [0.1, 0.15) is 0 Å². The zero-order chi connectivity index (χ0) is 20.1. The van der Waals surface area contributed by atoms with Crippen LogP contribution in [0, 0.1) is 6.92 Å². The van der Waals surface area contributed by atoms with Gasteiger partial charge < -0.3 is 15.1 Å². The van der Waals surface area contributed by atoms with E-state index in [1.165, 1.54) is 17.4 Å². The number of piperazine rings is 1. The average molecular weight is 438 g/mol. The Hall–Kier alpha value is -1.40. The molecule has 0 saturated carbocycles. The number of rotatable bonds is 6. The van der Waals surface area contributed by atoms with Crippen molar-refractivity contribution >= 4 is 52.2 Å². The number of nitrogens with one attached hydrogen (secondary N) is 1. The number of carbonyl (C=O) groups is 1. The zero-order valence-corrected chi connectivity index (χ0v) is 18.5. The van der Waals surface area contributed by atoms with E-state index in [0.29, 0.717) is 10.0 Å². The molecule has 1 N–H and O–H groups in total. The van der Waals surface area contributed by atoms with Crippen molar-refractivity contribution in [1.82, 2.24) is 4.90 Å². The molecule has 150 valence electrons. The first-order valence-corrected chi connectivity index (χ1v) is 11.2. The lowest BCUT2D eigenvalue weighted by Gasteiger charge is -2.35. The van der Waals surface area contributed by atoms with Crippen LogP contribution < -0.4 is 10.2 Å². The Morgan fingerprint density at radius 3 is 2.54 bits per heavy atom. The quantitative estimate of drug-likeness (QED) is 0.631. The van der Waals surface area contributed by atoms with Gasteiger partial charge in [-0.05, 0) is 55.4 Å². The van der Waals surface area contributed by atoms with E-state index in [4.69, 9.17) is 23.2 Å². The summed E-state index contributed by atoms with van der Waals surface area (Å²) in [5.41, 5.74) is 3.12. The van der Waals surface area contributed by atoms with Crippen LogP contribution in [-0.2, 0) is 4.79 Å². The molecule has 0 aliphatic carbocycles. The van der Waals surface area contributed by atoms with Crippen LogP contribution in [0.25, 0.3) is 0 Å². The van der Waals surface area contributed by atoms with Gasteiger partial charge >= 0.3 is 0 Å². The van der Waals surface area contributed by atoms with Crippen molar-refractivity contribution < 1.29 is 4.79 Å². The molecule has 28 heavy (non-hydrogen) atoms. The number of nitrogens with zero attached hydrogens (tertiary/aromatic N) is 2. The summed E-state index contributed by atoms with van der Waals surface area (Å²) in [7, 11) is 0. The highest BCUT2D eigenvalue weighted by Gasteiger charge is 2.16.